The normalized spacial score (nSPS) is 11.0. The number of hydrogen-bond acceptors (Lipinski definition) is 7. The molecule has 2 heterocycles. The highest BCUT2D eigenvalue weighted by molar-refractivity contribution is 7.16. The Morgan fingerprint density at radius 1 is 1.19 bits per heavy atom. The van der Waals surface area contributed by atoms with Gasteiger partial charge in [0.15, 0.2) is 0 Å². The number of nitrogens with zero attached hydrogens (tertiary/aromatic N) is 2. The van der Waals surface area contributed by atoms with Crippen molar-refractivity contribution in [3.8, 4) is 5.88 Å². The van der Waals surface area contributed by atoms with E-state index < -0.39 is 0 Å². The van der Waals surface area contributed by atoms with Crippen LogP contribution in [0.1, 0.15) is 13.3 Å². The van der Waals surface area contributed by atoms with Crippen molar-refractivity contribution in [2.24, 2.45) is 0 Å². The van der Waals surface area contributed by atoms with E-state index in [-0.39, 0.29) is 0 Å². The van der Waals surface area contributed by atoms with Gasteiger partial charge in [-0.15, -0.1) is 11.3 Å². The molecule has 0 aromatic carbocycles. The molecule has 1 N–H and O–H groups in total. The molecule has 0 aliphatic rings. The van der Waals surface area contributed by atoms with E-state index in [1.165, 1.54) is 0 Å². The topological polar surface area (TPSA) is 65.5 Å². The van der Waals surface area contributed by atoms with Crippen LogP contribution in [-0.4, -0.2) is 50.1 Å². The fraction of sp³-hybridized carbons (Fsp3) is 0.571. The lowest BCUT2D eigenvalue weighted by Gasteiger charge is -2.09. The summed E-state index contributed by atoms with van der Waals surface area (Å²) in [7, 11) is 1.65. The van der Waals surface area contributed by atoms with Gasteiger partial charge in [0.2, 0.25) is 11.8 Å². The number of aromatic nitrogens is 2. The van der Waals surface area contributed by atoms with Crippen molar-refractivity contribution in [2.45, 2.75) is 13.3 Å². The summed E-state index contributed by atoms with van der Waals surface area (Å²) in [6.45, 7) is 5.08. The first-order valence-corrected chi connectivity index (χ1v) is 7.91. The first kappa shape index (κ1) is 15.9. The van der Waals surface area contributed by atoms with Gasteiger partial charge < -0.3 is 19.5 Å². The molecule has 0 atom stereocenters. The highest BCUT2D eigenvalue weighted by Gasteiger charge is 2.09. The predicted molar refractivity (Wildman–Crippen MR) is 84.4 cm³/mol. The molecular formula is C14H21N3O3S. The maximum absolute atomic E-state index is 5.73. The summed E-state index contributed by atoms with van der Waals surface area (Å²) in [5.41, 5.74) is 0. The van der Waals surface area contributed by atoms with Crippen molar-refractivity contribution < 1.29 is 14.2 Å². The zero-order chi connectivity index (χ0) is 14.9. The van der Waals surface area contributed by atoms with Gasteiger partial charge in [-0.1, -0.05) is 6.92 Å². The molecule has 6 nitrogen and oxygen atoms in total. The second kappa shape index (κ2) is 8.76. The maximum atomic E-state index is 5.73. The molecule has 0 amide bonds. The van der Waals surface area contributed by atoms with E-state index in [2.05, 4.69) is 22.2 Å². The van der Waals surface area contributed by atoms with Crippen LogP contribution in [0.15, 0.2) is 11.4 Å². The van der Waals surface area contributed by atoms with Gasteiger partial charge in [-0.3, -0.25) is 0 Å². The largest absolute Gasteiger partial charge is 0.475 e. The smallest absolute Gasteiger partial charge is 0.227 e. The van der Waals surface area contributed by atoms with E-state index >= 15 is 0 Å². The van der Waals surface area contributed by atoms with Gasteiger partial charge in [0.1, 0.15) is 11.4 Å². The fourth-order valence-corrected chi connectivity index (χ4v) is 2.45. The van der Waals surface area contributed by atoms with Crippen LogP contribution in [0.25, 0.3) is 10.2 Å². The molecule has 0 unspecified atom stereocenters. The van der Waals surface area contributed by atoms with Crippen LogP contribution in [-0.2, 0) is 9.47 Å². The molecular weight excluding hydrogens is 290 g/mol. The molecule has 0 aliphatic heterocycles. The average Bonchev–Trinajstić information content (AvgIpc) is 2.97. The number of anilines is 1. The lowest BCUT2D eigenvalue weighted by molar-refractivity contribution is 0.0540. The minimum atomic E-state index is 0.457. The van der Waals surface area contributed by atoms with Crippen LogP contribution in [0.4, 0.5) is 5.95 Å². The van der Waals surface area contributed by atoms with E-state index in [0.29, 0.717) is 38.3 Å². The molecule has 7 heteroatoms. The summed E-state index contributed by atoms with van der Waals surface area (Å²) in [4.78, 5) is 9.83. The zero-order valence-corrected chi connectivity index (χ0v) is 13.2. The number of thiophene rings is 1. The molecule has 0 saturated heterocycles. The van der Waals surface area contributed by atoms with E-state index in [4.69, 9.17) is 14.2 Å². The van der Waals surface area contributed by atoms with Gasteiger partial charge in [0.05, 0.1) is 25.2 Å². The Kier molecular flexibility index (Phi) is 6.65. The van der Waals surface area contributed by atoms with E-state index in [1.54, 1.807) is 18.4 Å². The molecule has 2 rings (SSSR count). The quantitative estimate of drug-likeness (QED) is 0.680. The number of hydrogen-bond donors (Lipinski definition) is 1. The lowest BCUT2D eigenvalue weighted by atomic mass is 10.4. The van der Waals surface area contributed by atoms with E-state index in [0.717, 1.165) is 23.2 Å². The van der Waals surface area contributed by atoms with Gasteiger partial charge in [-0.05, 0) is 17.9 Å². The van der Waals surface area contributed by atoms with Crippen molar-refractivity contribution >= 4 is 27.5 Å². The SMILES string of the molecule is CCCNc1nc(OCCOCCOC)c2ccsc2n1. The van der Waals surface area contributed by atoms with Crippen molar-refractivity contribution in [3.63, 3.8) is 0 Å². The summed E-state index contributed by atoms with van der Waals surface area (Å²) in [6, 6.07) is 1.98. The Hall–Kier alpha value is -1.44. The predicted octanol–water partition coefficient (Wildman–Crippen LogP) is 2.56. The summed E-state index contributed by atoms with van der Waals surface area (Å²) in [6.07, 6.45) is 1.02. The Labute approximate surface area is 128 Å². The Balaban J connectivity index is 1.95. The monoisotopic (exact) mass is 311 g/mol. The molecule has 0 radical (unpaired) electrons. The average molecular weight is 311 g/mol. The third-order valence-electron chi connectivity index (χ3n) is 2.72. The first-order chi connectivity index (χ1) is 10.3. The maximum Gasteiger partial charge on any atom is 0.227 e. The summed E-state index contributed by atoms with van der Waals surface area (Å²) in [5, 5.41) is 6.13. The zero-order valence-electron chi connectivity index (χ0n) is 12.4. The number of nitrogens with one attached hydrogen (secondary N) is 1. The van der Waals surface area contributed by atoms with Crippen molar-refractivity contribution in [1.29, 1.82) is 0 Å². The Morgan fingerprint density at radius 3 is 2.86 bits per heavy atom. The molecule has 0 bridgehead atoms. The number of rotatable bonds is 10. The highest BCUT2D eigenvalue weighted by Crippen LogP contribution is 2.28. The molecule has 116 valence electrons. The first-order valence-electron chi connectivity index (χ1n) is 7.03. The summed E-state index contributed by atoms with van der Waals surface area (Å²) in [5.74, 6) is 1.22. The summed E-state index contributed by atoms with van der Waals surface area (Å²) < 4.78 is 16.0. The van der Waals surface area contributed by atoms with E-state index in [1.807, 2.05) is 11.4 Å². The van der Waals surface area contributed by atoms with Crippen LogP contribution in [0.3, 0.4) is 0 Å². The molecule has 2 aromatic rings. The lowest BCUT2D eigenvalue weighted by Crippen LogP contribution is -2.11. The molecule has 0 aliphatic carbocycles. The molecule has 0 spiro atoms. The van der Waals surface area contributed by atoms with Crippen LogP contribution in [0.2, 0.25) is 0 Å². The molecule has 0 fully saturated rings. The van der Waals surface area contributed by atoms with Crippen molar-refractivity contribution in [2.75, 3.05) is 45.4 Å². The van der Waals surface area contributed by atoms with Crippen LogP contribution in [0, 0.1) is 0 Å². The van der Waals surface area contributed by atoms with E-state index in [9.17, 15) is 0 Å². The summed E-state index contributed by atoms with van der Waals surface area (Å²) >= 11 is 1.58. The van der Waals surface area contributed by atoms with Gasteiger partial charge in [0, 0.05) is 13.7 Å². The van der Waals surface area contributed by atoms with Crippen LogP contribution >= 0.6 is 11.3 Å². The Morgan fingerprint density at radius 2 is 2.05 bits per heavy atom. The van der Waals surface area contributed by atoms with Gasteiger partial charge in [-0.2, -0.15) is 4.98 Å². The second-order valence-electron chi connectivity index (χ2n) is 4.37. The second-order valence-corrected chi connectivity index (χ2v) is 5.27. The van der Waals surface area contributed by atoms with Crippen LogP contribution < -0.4 is 10.1 Å². The highest BCUT2D eigenvalue weighted by atomic mass is 32.1. The number of ether oxygens (including phenoxy) is 3. The minimum absolute atomic E-state index is 0.457. The van der Waals surface area contributed by atoms with Crippen molar-refractivity contribution in [1.82, 2.24) is 9.97 Å². The number of fused-ring (bicyclic) bond motifs is 1. The third-order valence-corrected chi connectivity index (χ3v) is 3.53. The third kappa shape index (κ3) is 4.80. The van der Waals surface area contributed by atoms with Gasteiger partial charge in [0.25, 0.3) is 0 Å². The standard InChI is InChI=1S/C14H21N3O3S/c1-3-5-15-14-16-12(11-4-10-21-13(11)17-14)20-9-8-19-7-6-18-2/h4,10H,3,5-9H2,1-2H3,(H,15,16,17). The minimum Gasteiger partial charge on any atom is -0.475 e. The molecule has 2 aromatic heterocycles. The molecule has 21 heavy (non-hydrogen) atoms. The molecule has 0 saturated carbocycles. The number of methoxy groups -OCH3 is 1. The Bertz CT molecular complexity index is 547. The van der Waals surface area contributed by atoms with Gasteiger partial charge in [-0.25, -0.2) is 4.98 Å². The van der Waals surface area contributed by atoms with Gasteiger partial charge >= 0.3 is 0 Å². The van der Waals surface area contributed by atoms with Crippen molar-refractivity contribution in [3.05, 3.63) is 11.4 Å². The van der Waals surface area contributed by atoms with Crippen LogP contribution in [0.5, 0.6) is 5.88 Å². The fourth-order valence-electron chi connectivity index (χ4n) is 1.70.